The van der Waals surface area contributed by atoms with Gasteiger partial charge in [0, 0.05) is 13.1 Å². The van der Waals surface area contributed by atoms with Crippen LogP contribution in [0.5, 0.6) is 5.75 Å². The normalized spacial score (nSPS) is 16.4. The van der Waals surface area contributed by atoms with Gasteiger partial charge in [-0.05, 0) is 47.9 Å². The smallest absolute Gasteiger partial charge is 0.243 e. The van der Waals surface area contributed by atoms with Crippen molar-refractivity contribution in [1.29, 1.82) is 0 Å². The summed E-state index contributed by atoms with van der Waals surface area (Å²) >= 11 is 12.3. The number of piperidine rings is 1. The topological polar surface area (TPSA) is 46.6 Å². The number of benzene rings is 3. The van der Waals surface area contributed by atoms with Crippen molar-refractivity contribution in [2.24, 2.45) is 0 Å². The molecule has 1 fully saturated rings. The predicted octanol–water partition coefficient (Wildman–Crippen LogP) is 5.38. The fourth-order valence-electron chi connectivity index (χ4n) is 3.43. The zero-order chi connectivity index (χ0) is 19.7. The highest BCUT2D eigenvalue weighted by Crippen LogP contribution is 2.35. The predicted molar refractivity (Wildman–Crippen MR) is 113 cm³/mol. The highest BCUT2D eigenvalue weighted by molar-refractivity contribution is 7.89. The Morgan fingerprint density at radius 3 is 2.18 bits per heavy atom. The number of ether oxygens (including phenoxy) is 1. The number of halogens is 2. The van der Waals surface area contributed by atoms with Gasteiger partial charge in [-0.15, -0.1) is 0 Å². The molecule has 1 aliphatic rings. The van der Waals surface area contributed by atoms with E-state index in [1.165, 1.54) is 4.31 Å². The first-order valence-corrected chi connectivity index (χ1v) is 11.2. The number of hydrogen-bond acceptors (Lipinski definition) is 3. The second-order valence-electron chi connectivity index (χ2n) is 6.78. The number of sulfonamides is 1. The number of para-hydroxylation sites is 1. The number of fused-ring (bicyclic) bond motifs is 1. The molecule has 0 N–H and O–H groups in total. The van der Waals surface area contributed by atoms with Crippen molar-refractivity contribution in [1.82, 2.24) is 4.31 Å². The molecule has 1 aliphatic heterocycles. The van der Waals surface area contributed by atoms with E-state index in [0.717, 1.165) is 10.8 Å². The van der Waals surface area contributed by atoms with E-state index in [9.17, 15) is 8.42 Å². The molecule has 1 saturated heterocycles. The van der Waals surface area contributed by atoms with E-state index in [2.05, 4.69) is 0 Å². The summed E-state index contributed by atoms with van der Waals surface area (Å²) in [6.07, 6.45) is 1.03. The van der Waals surface area contributed by atoms with Gasteiger partial charge < -0.3 is 4.74 Å². The van der Waals surface area contributed by atoms with Gasteiger partial charge in [0.2, 0.25) is 10.0 Å². The Kier molecular flexibility index (Phi) is 5.52. The third-order valence-electron chi connectivity index (χ3n) is 4.96. The van der Waals surface area contributed by atoms with Gasteiger partial charge in [-0.2, -0.15) is 4.31 Å². The van der Waals surface area contributed by atoms with Crippen LogP contribution in [0.15, 0.2) is 65.6 Å². The lowest BCUT2D eigenvalue weighted by Crippen LogP contribution is -2.41. The maximum Gasteiger partial charge on any atom is 0.243 e. The van der Waals surface area contributed by atoms with Crippen molar-refractivity contribution >= 4 is 44.0 Å². The minimum absolute atomic E-state index is 0.125. The van der Waals surface area contributed by atoms with Crippen molar-refractivity contribution in [2.45, 2.75) is 23.8 Å². The molecule has 0 spiro atoms. The summed E-state index contributed by atoms with van der Waals surface area (Å²) in [6.45, 7) is 0.782. The maximum absolute atomic E-state index is 13.0. The standard InChI is InChI=1S/C21H19Cl2NO3S/c22-19-6-3-7-20(23)21(19)27-17-10-12-24(13-11-17)28(25,26)18-9-8-15-4-1-2-5-16(15)14-18/h1-9,14,17H,10-13H2. The van der Waals surface area contributed by atoms with Crippen LogP contribution in [0.4, 0.5) is 0 Å². The Labute approximate surface area is 174 Å². The van der Waals surface area contributed by atoms with Gasteiger partial charge in [-0.3, -0.25) is 0 Å². The first-order chi connectivity index (χ1) is 13.4. The molecule has 0 amide bonds. The molecule has 1 heterocycles. The highest BCUT2D eigenvalue weighted by atomic mass is 35.5. The largest absolute Gasteiger partial charge is 0.487 e. The first-order valence-electron chi connectivity index (χ1n) is 9.05. The summed E-state index contributed by atoms with van der Waals surface area (Å²) in [5, 5.41) is 2.85. The third-order valence-corrected chi connectivity index (χ3v) is 7.45. The fraction of sp³-hybridized carbons (Fsp3) is 0.238. The molecule has 3 aromatic carbocycles. The second kappa shape index (κ2) is 7.91. The van der Waals surface area contributed by atoms with Crippen molar-refractivity contribution in [3.8, 4) is 5.75 Å². The second-order valence-corrected chi connectivity index (χ2v) is 9.53. The van der Waals surface area contributed by atoms with E-state index in [1.807, 2.05) is 30.3 Å². The van der Waals surface area contributed by atoms with Crippen LogP contribution in [0.2, 0.25) is 10.0 Å². The first kappa shape index (κ1) is 19.5. The number of rotatable bonds is 4. The van der Waals surface area contributed by atoms with E-state index < -0.39 is 10.0 Å². The van der Waals surface area contributed by atoms with Gasteiger partial charge in [0.05, 0.1) is 14.9 Å². The van der Waals surface area contributed by atoms with Crippen LogP contribution in [0, 0.1) is 0 Å². The summed E-state index contributed by atoms with van der Waals surface area (Å²) in [4.78, 5) is 0.319. The van der Waals surface area contributed by atoms with Crippen LogP contribution in [0.1, 0.15) is 12.8 Å². The molecular formula is C21H19Cl2NO3S. The molecule has 0 saturated carbocycles. The molecule has 0 bridgehead atoms. The van der Waals surface area contributed by atoms with Crippen LogP contribution in [0.25, 0.3) is 10.8 Å². The highest BCUT2D eigenvalue weighted by Gasteiger charge is 2.30. The van der Waals surface area contributed by atoms with Gasteiger partial charge in [0.25, 0.3) is 0 Å². The lowest BCUT2D eigenvalue weighted by molar-refractivity contribution is 0.135. The van der Waals surface area contributed by atoms with Crippen LogP contribution < -0.4 is 4.74 Å². The summed E-state index contributed by atoms with van der Waals surface area (Å²) in [7, 11) is -3.54. The minimum atomic E-state index is -3.54. The number of nitrogens with zero attached hydrogens (tertiary/aromatic N) is 1. The van der Waals surface area contributed by atoms with Crippen LogP contribution in [-0.4, -0.2) is 31.9 Å². The molecule has 0 radical (unpaired) electrons. The molecular weight excluding hydrogens is 417 g/mol. The van der Waals surface area contributed by atoms with Crippen molar-refractivity contribution in [3.05, 3.63) is 70.7 Å². The molecule has 28 heavy (non-hydrogen) atoms. The van der Waals surface area contributed by atoms with Gasteiger partial charge in [0.15, 0.2) is 5.75 Å². The van der Waals surface area contributed by atoms with E-state index in [-0.39, 0.29) is 6.10 Å². The molecule has 7 heteroatoms. The Balaban J connectivity index is 1.47. The lowest BCUT2D eigenvalue weighted by Gasteiger charge is -2.31. The van der Waals surface area contributed by atoms with E-state index in [1.54, 1.807) is 30.3 Å². The third kappa shape index (κ3) is 3.85. The number of hydrogen-bond donors (Lipinski definition) is 0. The molecule has 0 atom stereocenters. The van der Waals surface area contributed by atoms with Crippen LogP contribution >= 0.6 is 23.2 Å². The summed E-state index contributed by atoms with van der Waals surface area (Å²) < 4.78 is 33.6. The Bertz CT molecular complexity index is 1090. The van der Waals surface area contributed by atoms with Crippen LogP contribution in [0.3, 0.4) is 0 Å². The molecule has 0 unspecified atom stereocenters. The Morgan fingerprint density at radius 1 is 0.857 bits per heavy atom. The summed E-state index contributed by atoms with van der Waals surface area (Å²) in [6, 6.07) is 18.2. The van der Waals surface area contributed by atoms with Gasteiger partial charge in [-0.25, -0.2) is 8.42 Å². The van der Waals surface area contributed by atoms with Crippen molar-refractivity contribution in [3.63, 3.8) is 0 Å². The minimum Gasteiger partial charge on any atom is -0.487 e. The van der Waals surface area contributed by atoms with E-state index in [4.69, 9.17) is 27.9 Å². The zero-order valence-electron chi connectivity index (χ0n) is 15.0. The average molecular weight is 436 g/mol. The Hall–Kier alpha value is -1.79. The molecule has 0 aromatic heterocycles. The molecule has 3 aromatic rings. The van der Waals surface area contributed by atoms with Gasteiger partial charge in [0.1, 0.15) is 6.10 Å². The van der Waals surface area contributed by atoms with Gasteiger partial charge >= 0.3 is 0 Å². The van der Waals surface area contributed by atoms with E-state index in [0.29, 0.717) is 46.6 Å². The van der Waals surface area contributed by atoms with Gasteiger partial charge in [-0.1, -0.05) is 59.6 Å². The summed E-state index contributed by atoms with van der Waals surface area (Å²) in [5.74, 6) is 0.460. The lowest BCUT2D eigenvalue weighted by atomic mass is 10.1. The summed E-state index contributed by atoms with van der Waals surface area (Å²) in [5.41, 5.74) is 0. The molecule has 146 valence electrons. The molecule has 4 rings (SSSR count). The van der Waals surface area contributed by atoms with E-state index >= 15 is 0 Å². The monoisotopic (exact) mass is 435 g/mol. The average Bonchev–Trinajstić information content (AvgIpc) is 2.71. The van der Waals surface area contributed by atoms with Crippen molar-refractivity contribution in [2.75, 3.05) is 13.1 Å². The zero-order valence-corrected chi connectivity index (χ0v) is 17.3. The molecule has 4 nitrogen and oxygen atoms in total. The molecule has 0 aliphatic carbocycles. The van der Waals surface area contributed by atoms with Crippen molar-refractivity contribution < 1.29 is 13.2 Å². The SMILES string of the molecule is O=S(=O)(c1ccc2ccccc2c1)N1CCC(Oc2c(Cl)cccc2Cl)CC1. The fourth-order valence-corrected chi connectivity index (χ4v) is 5.42. The Morgan fingerprint density at radius 2 is 1.50 bits per heavy atom. The quantitative estimate of drug-likeness (QED) is 0.552. The maximum atomic E-state index is 13.0. The van der Waals surface area contributed by atoms with Crippen LogP contribution in [-0.2, 0) is 10.0 Å².